The molecular formula is C46H45F3N2O6. The summed E-state index contributed by atoms with van der Waals surface area (Å²) in [7, 11) is 0. The second-order valence-electron chi connectivity index (χ2n) is 13.2. The molecule has 57 heavy (non-hydrogen) atoms. The number of halogens is 3. The van der Waals surface area contributed by atoms with E-state index in [1.54, 1.807) is 36.4 Å². The molecule has 0 unspecified atom stereocenters. The van der Waals surface area contributed by atoms with Crippen molar-refractivity contribution in [2.24, 2.45) is 9.98 Å². The third-order valence-electron chi connectivity index (χ3n) is 8.64. The molecule has 0 aliphatic heterocycles. The predicted octanol–water partition coefficient (Wildman–Crippen LogP) is 12.0. The van der Waals surface area contributed by atoms with Gasteiger partial charge in [-0.15, -0.1) is 0 Å². The van der Waals surface area contributed by atoms with Crippen LogP contribution in [0.2, 0.25) is 0 Å². The van der Waals surface area contributed by atoms with Gasteiger partial charge in [-0.3, -0.25) is 9.98 Å². The van der Waals surface area contributed by atoms with Crippen molar-refractivity contribution in [2.45, 2.75) is 65.2 Å². The highest BCUT2D eigenvalue weighted by molar-refractivity contribution is 5.93. The number of hydrogen-bond acceptors (Lipinski definition) is 8. The van der Waals surface area contributed by atoms with Gasteiger partial charge in [-0.25, -0.2) is 22.8 Å². The minimum atomic E-state index is -0.793. The first kappa shape index (κ1) is 41.9. The molecule has 0 amide bonds. The van der Waals surface area contributed by atoms with Crippen molar-refractivity contribution in [3.63, 3.8) is 0 Å². The largest absolute Gasteiger partial charge is 0.493 e. The number of rotatable bonds is 20. The molecule has 8 nitrogen and oxygen atoms in total. The number of benzene rings is 5. The van der Waals surface area contributed by atoms with Crippen LogP contribution >= 0.6 is 0 Å². The van der Waals surface area contributed by atoms with Crippen LogP contribution in [0.15, 0.2) is 113 Å². The number of carbonyl (C=O) groups excluding carboxylic acids is 2. The number of aliphatic imine (C=N–C) groups is 2. The van der Waals surface area contributed by atoms with Crippen LogP contribution in [0.4, 0.5) is 24.5 Å². The van der Waals surface area contributed by atoms with Crippen LogP contribution in [0.3, 0.4) is 0 Å². The third kappa shape index (κ3) is 13.5. The summed E-state index contributed by atoms with van der Waals surface area (Å²) in [6.07, 6.45) is 11.4. The zero-order valence-corrected chi connectivity index (χ0v) is 32.0. The van der Waals surface area contributed by atoms with Crippen molar-refractivity contribution < 1.29 is 41.7 Å². The van der Waals surface area contributed by atoms with E-state index in [1.165, 1.54) is 67.0 Å². The molecule has 5 aromatic carbocycles. The molecule has 5 aromatic rings. The lowest BCUT2D eigenvalue weighted by molar-refractivity contribution is 0.0732. The normalized spacial score (nSPS) is 11.2. The summed E-state index contributed by atoms with van der Waals surface area (Å²) in [4.78, 5) is 34.2. The molecule has 5 rings (SSSR count). The van der Waals surface area contributed by atoms with Gasteiger partial charge in [0.2, 0.25) is 0 Å². The van der Waals surface area contributed by atoms with Gasteiger partial charge in [0.25, 0.3) is 0 Å². The standard InChI is InChI=1S/C46H45F3N2O6/c1-3-5-7-9-23-54-37-19-21-43(41(48)28-37)50-30-32-11-15-34(16-12-32)45(52)56-39-25-36(47)26-40(27-39)57-46(53)35-17-13-33(14-18-35)31-51-44-22-20-38(29-42(44)49)55-24-10-8-6-4-2/h11-22,25-31H,3-10,23-24H2,1-2H3. The molecule has 0 saturated heterocycles. The highest BCUT2D eigenvalue weighted by atomic mass is 19.1. The summed E-state index contributed by atoms with van der Waals surface area (Å²) in [6, 6.07) is 24.6. The van der Waals surface area contributed by atoms with Crippen molar-refractivity contribution >= 4 is 35.7 Å². The molecule has 0 radical (unpaired) electrons. The van der Waals surface area contributed by atoms with E-state index in [1.807, 2.05) is 0 Å². The summed E-state index contributed by atoms with van der Waals surface area (Å²) in [5.74, 6) is -2.86. The van der Waals surface area contributed by atoms with E-state index in [2.05, 4.69) is 23.8 Å². The summed E-state index contributed by atoms with van der Waals surface area (Å²) in [5.41, 5.74) is 1.78. The van der Waals surface area contributed by atoms with Gasteiger partial charge in [-0.1, -0.05) is 76.6 Å². The number of ether oxygens (including phenoxy) is 4. The number of hydrogen-bond donors (Lipinski definition) is 0. The maximum absolute atomic E-state index is 14.6. The summed E-state index contributed by atoms with van der Waals surface area (Å²) in [5, 5.41) is 0. The highest BCUT2D eigenvalue weighted by Crippen LogP contribution is 2.27. The summed E-state index contributed by atoms with van der Waals surface area (Å²) >= 11 is 0. The molecule has 0 atom stereocenters. The van der Waals surface area contributed by atoms with Gasteiger partial charge in [-0.2, -0.15) is 0 Å². The lowest BCUT2D eigenvalue weighted by atomic mass is 10.1. The fraction of sp³-hybridized carbons (Fsp3) is 0.261. The van der Waals surface area contributed by atoms with Crippen LogP contribution in [0.25, 0.3) is 0 Å². The molecule has 0 bridgehead atoms. The van der Waals surface area contributed by atoms with E-state index < -0.39 is 29.4 Å². The quantitative estimate of drug-likeness (QED) is 0.0338. The molecule has 296 valence electrons. The molecule has 0 aromatic heterocycles. The van der Waals surface area contributed by atoms with Crippen LogP contribution in [0.1, 0.15) is 97.1 Å². The molecule has 0 spiro atoms. The first-order chi connectivity index (χ1) is 27.7. The topological polar surface area (TPSA) is 95.8 Å². The molecular weight excluding hydrogens is 734 g/mol. The first-order valence-corrected chi connectivity index (χ1v) is 19.1. The number of carbonyl (C=O) groups is 2. The van der Waals surface area contributed by atoms with E-state index in [9.17, 15) is 22.8 Å². The Balaban J connectivity index is 1.12. The van der Waals surface area contributed by atoms with Crippen LogP contribution in [-0.2, 0) is 0 Å². The second kappa shape index (κ2) is 21.8. The van der Waals surface area contributed by atoms with Crippen molar-refractivity contribution in [1.82, 2.24) is 0 Å². The molecule has 0 fully saturated rings. The summed E-state index contributed by atoms with van der Waals surface area (Å²) < 4.78 is 65.7. The van der Waals surface area contributed by atoms with E-state index in [-0.39, 0.29) is 34.0 Å². The van der Waals surface area contributed by atoms with Gasteiger partial charge in [0.1, 0.15) is 28.8 Å². The molecule has 0 aliphatic carbocycles. The van der Waals surface area contributed by atoms with Crippen molar-refractivity contribution in [3.8, 4) is 23.0 Å². The van der Waals surface area contributed by atoms with Gasteiger partial charge in [0.15, 0.2) is 11.6 Å². The minimum absolute atomic E-state index is 0.135. The van der Waals surface area contributed by atoms with E-state index in [0.717, 1.165) is 63.5 Å². The van der Waals surface area contributed by atoms with E-state index in [0.29, 0.717) is 35.8 Å². The summed E-state index contributed by atoms with van der Waals surface area (Å²) in [6.45, 7) is 5.31. The van der Waals surface area contributed by atoms with Crippen molar-refractivity contribution in [2.75, 3.05) is 13.2 Å². The van der Waals surface area contributed by atoms with Crippen molar-refractivity contribution in [3.05, 3.63) is 143 Å². The predicted molar refractivity (Wildman–Crippen MR) is 216 cm³/mol. The number of nitrogens with zero attached hydrogens (tertiary/aromatic N) is 2. The Kier molecular flexibility index (Phi) is 16.0. The molecule has 0 saturated carbocycles. The van der Waals surface area contributed by atoms with Crippen LogP contribution in [0.5, 0.6) is 23.0 Å². The monoisotopic (exact) mass is 778 g/mol. The number of esters is 2. The molecule has 0 N–H and O–H groups in total. The van der Waals surface area contributed by atoms with Crippen LogP contribution in [-0.4, -0.2) is 37.6 Å². The van der Waals surface area contributed by atoms with Gasteiger partial charge in [0, 0.05) is 42.8 Å². The fourth-order valence-electron chi connectivity index (χ4n) is 5.49. The second-order valence-corrected chi connectivity index (χ2v) is 13.2. The lowest BCUT2D eigenvalue weighted by Crippen LogP contribution is -2.11. The Labute approximate surface area is 331 Å². The van der Waals surface area contributed by atoms with Gasteiger partial charge >= 0.3 is 11.9 Å². The third-order valence-corrected chi connectivity index (χ3v) is 8.64. The molecule has 11 heteroatoms. The van der Waals surface area contributed by atoms with Gasteiger partial charge in [0.05, 0.1) is 35.7 Å². The minimum Gasteiger partial charge on any atom is -0.493 e. The average molecular weight is 779 g/mol. The maximum Gasteiger partial charge on any atom is 0.343 e. The Morgan fingerprint density at radius 2 is 0.930 bits per heavy atom. The Morgan fingerprint density at radius 3 is 1.32 bits per heavy atom. The Hall–Kier alpha value is -6.23. The first-order valence-electron chi connectivity index (χ1n) is 19.1. The van der Waals surface area contributed by atoms with Crippen LogP contribution in [0, 0.1) is 17.5 Å². The molecule has 0 aliphatic rings. The van der Waals surface area contributed by atoms with E-state index >= 15 is 0 Å². The van der Waals surface area contributed by atoms with Crippen LogP contribution < -0.4 is 18.9 Å². The smallest absolute Gasteiger partial charge is 0.343 e. The Bertz CT molecular complexity index is 2000. The van der Waals surface area contributed by atoms with Gasteiger partial charge < -0.3 is 18.9 Å². The average Bonchev–Trinajstić information content (AvgIpc) is 3.20. The van der Waals surface area contributed by atoms with E-state index in [4.69, 9.17) is 18.9 Å². The SMILES string of the molecule is CCCCCCOc1ccc(N=Cc2ccc(C(=O)Oc3cc(F)cc(OC(=O)c4ccc(C=Nc5ccc(OCCCCCC)cc5F)cc4)c3)cc2)c(F)c1. The zero-order chi connectivity index (χ0) is 40.4. The van der Waals surface area contributed by atoms with Gasteiger partial charge in [-0.05, 0) is 72.5 Å². The number of unbranched alkanes of at least 4 members (excludes halogenated alkanes) is 6. The maximum atomic E-state index is 14.6. The Morgan fingerprint density at radius 1 is 0.509 bits per heavy atom. The molecule has 0 heterocycles. The fourth-order valence-corrected chi connectivity index (χ4v) is 5.49. The highest BCUT2D eigenvalue weighted by Gasteiger charge is 2.14. The lowest BCUT2D eigenvalue weighted by Gasteiger charge is -2.09. The zero-order valence-electron chi connectivity index (χ0n) is 32.0. The van der Waals surface area contributed by atoms with Crippen molar-refractivity contribution in [1.29, 1.82) is 0 Å².